The average molecular weight is 195 g/mol. The van der Waals surface area contributed by atoms with Crippen LogP contribution in [0.5, 0.6) is 0 Å². The molecule has 2 bridgehead atoms. The summed E-state index contributed by atoms with van der Waals surface area (Å²) in [5, 5.41) is 8.95. The first-order valence-electron chi connectivity index (χ1n) is 4.82. The molecule has 0 aliphatic carbocycles. The van der Waals surface area contributed by atoms with E-state index in [-0.39, 0.29) is 23.8 Å². The van der Waals surface area contributed by atoms with Crippen LogP contribution in [0.1, 0.15) is 19.3 Å². The zero-order valence-corrected chi connectivity index (χ0v) is 7.85. The number of Topliss-reactive ketones (excluding diaryl/α,β-unsaturated/α-hetero) is 1. The van der Waals surface area contributed by atoms with Crippen LogP contribution in [0.15, 0.2) is 12.7 Å². The van der Waals surface area contributed by atoms with Crippen molar-refractivity contribution in [2.75, 3.05) is 0 Å². The van der Waals surface area contributed by atoms with Gasteiger partial charge in [-0.15, -0.1) is 6.58 Å². The van der Waals surface area contributed by atoms with Gasteiger partial charge in [-0.25, -0.2) is 4.79 Å². The lowest BCUT2D eigenvalue weighted by Crippen LogP contribution is -2.35. The Morgan fingerprint density at radius 3 is 2.86 bits per heavy atom. The fraction of sp³-hybridized carbons (Fsp3) is 0.600. The summed E-state index contributed by atoms with van der Waals surface area (Å²) in [4.78, 5) is 24.0. The maximum atomic E-state index is 11.7. The smallest absolute Gasteiger partial charge is 0.408 e. The summed E-state index contributed by atoms with van der Waals surface area (Å²) in [7, 11) is 0. The Morgan fingerprint density at radius 2 is 2.36 bits per heavy atom. The van der Waals surface area contributed by atoms with Gasteiger partial charge in [0.05, 0.1) is 6.04 Å². The zero-order chi connectivity index (χ0) is 10.3. The Morgan fingerprint density at radius 1 is 1.64 bits per heavy atom. The van der Waals surface area contributed by atoms with E-state index in [4.69, 9.17) is 5.11 Å². The second-order valence-electron chi connectivity index (χ2n) is 3.88. The van der Waals surface area contributed by atoms with Gasteiger partial charge in [-0.1, -0.05) is 6.08 Å². The van der Waals surface area contributed by atoms with Crippen LogP contribution >= 0.6 is 0 Å². The Labute approximate surface area is 82.2 Å². The summed E-state index contributed by atoms with van der Waals surface area (Å²) in [5.74, 6) is -0.0501. The second-order valence-corrected chi connectivity index (χ2v) is 3.88. The molecule has 2 aliphatic heterocycles. The summed E-state index contributed by atoms with van der Waals surface area (Å²) in [6.45, 7) is 3.59. The monoisotopic (exact) mass is 195 g/mol. The number of nitrogens with zero attached hydrogens (tertiary/aromatic N) is 1. The number of fused-ring (bicyclic) bond motifs is 2. The first kappa shape index (κ1) is 9.24. The molecular weight excluding hydrogens is 182 g/mol. The van der Waals surface area contributed by atoms with E-state index >= 15 is 0 Å². The molecule has 4 nitrogen and oxygen atoms in total. The van der Waals surface area contributed by atoms with Crippen molar-refractivity contribution in [1.82, 2.24) is 4.90 Å². The van der Waals surface area contributed by atoms with Crippen molar-refractivity contribution in [3.8, 4) is 0 Å². The van der Waals surface area contributed by atoms with E-state index in [0.717, 1.165) is 6.42 Å². The first-order valence-corrected chi connectivity index (χ1v) is 4.82. The van der Waals surface area contributed by atoms with Gasteiger partial charge in [0, 0.05) is 12.0 Å². The van der Waals surface area contributed by atoms with Crippen LogP contribution in [0.25, 0.3) is 0 Å². The van der Waals surface area contributed by atoms with Crippen molar-refractivity contribution in [1.29, 1.82) is 0 Å². The lowest BCUT2D eigenvalue weighted by molar-refractivity contribution is -0.123. The van der Waals surface area contributed by atoms with Crippen molar-refractivity contribution >= 4 is 11.9 Å². The highest BCUT2D eigenvalue weighted by Crippen LogP contribution is 2.40. The molecule has 2 fully saturated rings. The fourth-order valence-electron chi connectivity index (χ4n) is 2.68. The van der Waals surface area contributed by atoms with Gasteiger partial charge in [-0.05, 0) is 19.3 Å². The standard InChI is InChI=1S/C10H13NO3/c1-2-3-6-7-4-5-8(9(6)12)11(7)10(13)14/h2,6-8H,1,3-5H2,(H,13,14). The van der Waals surface area contributed by atoms with Crippen molar-refractivity contribution in [3.05, 3.63) is 12.7 Å². The molecule has 2 saturated heterocycles. The summed E-state index contributed by atoms with van der Waals surface area (Å²) < 4.78 is 0. The molecule has 0 radical (unpaired) electrons. The minimum atomic E-state index is -0.961. The number of rotatable bonds is 2. The molecule has 0 spiro atoms. The maximum absolute atomic E-state index is 11.7. The number of carbonyl (C=O) groups is 2. The molecule has 0 saturated carbocycles. The highest BCUT2D eigenvalue weighted by Gasteiger charge is 2.54. The molecule has 1 N–H and O–H groups in total. The molecule has 2 aliphatic rings. The molecule has 0 aromatic rings. The van der Waals surface area contributed by atoms with Crippen molar-refractivity contribution in [3.63, 3.8) is 0 Å². The molecule has 14 heavy (non-hydrogen) atoms. The number of carbonyl (C=O) groups excluding carboxylic acids is 1. The third-order valence-electron chi connectivity index (χ3n) is 3.23. The van der Waals surface area contributed by atoms with Gasteiger partial charge in [0.25, 0.3) is 0 Å². The average Bonchev–Trinajstić information content (AvgIpc) is 2.64. The Hall–Kier alpha value is -1.32. The first-order chi connectivity index (χ1) is 6.66. The van der Waals surface area contributed by atoms with Crippen LogP contribution in [0.3, 0.4) is 0 Å². The van der Waals surface area contributed by atoms with Crippen molar-refractivity contribution in [2.45, 2.75) is 31.3 Å². The van der Waals surface area contributed by atoms with E-state index in [1.807, 2.05) is 0 Å². The van der Waals surface area contributed by atoms with Gasteiger partial charge in [0.2, 0.25) is 0 Å². The van der Waals surface area contributed by atoms with E-state index < -0.39 is 6.09 Å². The zero-order valence-electron chi connectivity index (χ0n) is 7.85. The van der Waals surface area contributed by atoms with E-state index in [1.54, 1.807) is 6.08 Å². The number of hydrogen-bond donors (Lipinski definition) is 1. The predicted octanol–water partition coefficient (Wildman–Crippen LogP) is 1.27. The summed E-state index contributed by atoms with van der Waals surface area (Å²) in [5.41, 5.74) is 0. The largest absolute Gasteiger partial charge is 0.465 e. The molecule has 2 rings (SSSR count). The molecule has 2 heterocycles. The van der Waals surface area contributed by atoms with Crippen LogP contribution in [-0.2, 0) is 4.79 Å². The molecule has 3 atom stereocenters. The van der Waals surface area contributed by atoms with Gasteiger partial charge in [0.15, 0.2) is 5.78 Å². The Bertz CT molecular complexity index is 300. The van der Waals surface area contributed by atoms with E-state index in [1.165, 1.54) is 4.90 Å². The molecule has 76 valence electrons. The van der Waals surface area contributed by atoms with Crippen LogP contribution < -0.4 is 0 Å². The third kappa shape index (κ3) is 1.06. The normalized spacial score (nSPS) is 35.0. The molecule has 3 unspecified atom stereocenters. The fourth-order valence-corrected chi connectivity index (χ4v) is 2.68. The number of carboxylic acid groups (broad SMARTS) is 1. The second kappa shape index (κ2) is 3.12. The third-order valence-corrected chi connectivity index (χ3v) is 3.23. The molecule has 4 heteroatoms. The highest BCUT2D eigenvalue weighted by atomic mass is 16.4. The number of allylic oxidation sites excluding steroid dienone is 1. The van der Waals surface area contributed by atoms with E-state index in [9.17, 15) is 9.59 Å². The van der Waals surface area contributed by atoms with E-state index in [0.29, 0.717) is 12.8 Å². The van der Waals surface area contributed by atoms with Gasteiger partial charge in [0.1, 0.15) is 0 Å². The minimum absolute atomic E-state index is 0.0866. The highest BCUT2D eigenvalue weighted by molar-refractivity contribution is 5.94. The van der Waals surface area contributed by atoms with Crippen LogP contribution in [0, 0.1) is 5.92 Å². The van der Waals surface area contributed by atoms with Crippen LogP contribution in [-0.4, -0.2) is 34.0 Å². The predicted molar refractivity (Wildman–Crippen MR) is 50.0 cm³/mol. The molecule has 0 aromatic heterocycles. The molecular formula is C10H13NO3. The number of ketones is 1. The van der Waals surface area contributed by atoms with Crippen LogP contribution in [0.4, 0.5) is 4.79 Å². The summed E-state index contributed by atoms with van der Waals surface area (Å²) in [6, 6.07) is -0.467. The van der Waals surface area contributed by atoms with Gasteiger partial charge in [-0.2, -0.15) is 0 Å². The van der Waals surface area contributed by atoms with Crippen LogP contribution in [0.2, 0.25) is 0 Å². The number of hydrogen-bond acceptors (Lipinski definition) is 2. The van der Waals surface area contributed by atoms with Gasteiger partial charge in [-0.3, -0.25) is 9.69 Å². The van der Waals surface area contributed by atoms with Crippen molar-refractivity contribution < 1.29 is 14.7 Å². The Kier molecular flexibility index (Phi) is 2.06. The minimum Gasteiger partial charge on any atom is -0.465 e. The molecule has 1 amide bonds. The topological polar surface area (TPSA) is 57.6 Å². The summed E-state index contributed by atoms with van der Waals surface area (Å²) in [6.07, 6.45) is 2.86. The van der Waals surface area contributed by atoms with Crippen molar-refractivity contribution in [2.24, 2.45) is 5.92 Å². The quantitative estimate of drug-likeness (QED) is 0.675. The van der Waals surface area contributed by atoms with Gasteiger partial charge >= 0.3 is 6.09 Å². The lowest BCUT2D eigenvalue weighted by Gasteiger charge is -2.19. The van der Waals surface area contributed by atoms with E-state index in [2.05, 4.69) is 6.58 Å². The maximum Gasteiger partial charge on any atom is 0.408 e. The van der Waals surface area contributed by atoms with Gasteiger partial charge < -0.3 is 5.11 Å². The SMILES string of the molecule is C=CCC1C(=O)C2CCC1N2C(=O)O. The number of amides is 1. The Balaban J connectivity index is 2.23. The lowest BCUT2D eigenvalue weighted by atomic mass is 9.86. The summed E-state index contributed by atoms with van der Waals surface area (Å²) >= 11 is 0. The molecule has 0 aromatic carbocycles.